The van der Waals surface area contributed by atoms with Gasteiger partial charge in [-0.15, -0.1) is 0 Å². The van der Waals surface area contributed by atoms with E-state index >= 15 is 0 Å². The van der Waals surface area contributed by atoms with Gasteiger partial charge in [0.2, 0.25) is 5.91 Å². The van der Waals surface area contributed by atoms with Gasteiger partial charge >= 0.3 is 0 Å². The molecule has 0 bridgehead atoms. The van der Waals surface area contributed by atoms with E-state index in [4.69, 9.17) is 5.73 Å². The molecule has 4 heteroatoms. The third-order valence-corrected chi connectivity index (χ3v) is 4.18. The van der Waals surface area contributed by atoms with Gasteiger partial charge in [0.1, 0.15) is 0 Å². The Labute approximate surface area is 121 Å². The quantitative estimate of drug-likeness (QED) is 0.858. The monoisotopic (exact) mass is 275 g/mol. The molecule has 0 aliphatic carbocycles. The van der Waals surface area contributed by atoms with E-state index in [9.17, 15) is 4.79 Å². The van der Waals surface area contributed by atoms with Crippen molar-refractivity contribution < 1.29 is 4.79 Å². The van der Waals surface area contributed by atoms with Crippen molar-refractivity contribution in [3.63, 3.8) is 0 Å². The van der Waals surface area contributed by atoms with Crippen LogP contribution in [0.25, 0.3) is 0 Å². The Balaban J connectivity index is 1.99. The molecule has 1 aliphatic heterocycles. The molecule has 1 aromatic rings. The minimum Gasteiger partial charge on any atom is -0.399 e. The number of rotatable bonds is 4. The summed E-state index contributed by atoms with van der Waals surface area (Å²) < 4.78 is 0. The molecular weight excluding hydrogens is 250 g/mol. The third kappa shape index (κ3) is 3.31. The Hall–Kier alpha value is -1.55. The molecule has 4 nitrogen and oxygen atoms in total. The van der Waals surface area contributed by atoms with Gasteiger partial charge in [-0.25, -0.2) is 0 Å². The van der Waals surface area contributed by atoms with Crippen LogP contribution in [0, 0.1) is 5.92 Å². The molecule has 1 amide bonds. The van der Waals surface area contributed by atoms with Gasteiger partial charge in [-0.3, -0.25) is 9.69 Å². The number of nitrogens with two attached hydrogens (primary N) is 1. The Morgan fingerprint density at radius 2 is 2.05 bits per heavy atom. The van der Waals surface area contributed by atoms with Crippen LogP contribution < -0.4 is 10.6 Å². The van der Waals surface area contributed by atoms with Crippen LogP contribution in [0.5, 0.6) is 0 Å². The summed E-state index contributed by atoms with van der Waals surface area (Å²) in [4.78, 5) is 16.4. The van der Waals surface area contributed by atoms with Gasteiger partial charge in [-0.05, 0) is 49.6 Å². The van der Waals surface area contributed by atoms with Gasteiger partial charge in [-0.1, -0.05) is 13.8 Å². The summed E-state index contributed by atoms with van der Waals surface area (Å²) >= 11 is 0. The zero-order valence-electron chi connectivity index (χ0n) is 12.7. The highest BCUT2D eigenvalue weighted by atomic mass is 16.2. The fourth-order valence-electron chi connectivity index (χ4n) is 2.92. The van der Waals surface area contributed by atoms with Gasteiger partial charge in [0.15, 0.2) is 0 Å². The molecule has 2 rings (SSSR count). The number of hydrogen-bond donors (Lipinski definition) is 1. The molecule has 1 fully saturated rings. The Kier molecular flexibility index (Phi) is 4.65. The molecule has 1 unspecified atom stereocenters. The van der Waals surface area contributed by atoms with Crippen LogP contribution in [0.3, 0.4) is 0 Å². The number of nitrogens with zero attached hydrogens (tertiary/aromatic N) is 2. The summed E-state index contributed by atoms with van der Waals surface area (Å²) in [5, 5.41) is 0. The minimum atomic E-state index is 0.141. The number of likely N-dealkylation sites (tertiary alicyclic amines) is 1. The van der Waals surface area contributed by atoms with Crippen molar-refractivity contribution in [2.45, 2.75) is 32.7 Å². The molecule has 1 heterocycles. The van der Waals surface area contributed by atoms with E-state index in [0.717, 1.165) is 12.2 Å². The maximum Gasteiger partial charge on any atom is 0.240 e. The second kappa shape index (κ2) is 6.27. The number of likely N-dealkylation sites (N-methyl/N-ethyl adjacent to an activating group) is 1. The molecule has 110 valence electrons. The van der Waals surface area contributed by atoms with Gasteiger partial charge in [0.05, 0.1) is 6.54 Å². The van der Waals surface area contributed by atoms with E-state index in [1.807, 2.05) is 31.3 Å². The number of carbonyl (C=O) groups is 1. The summed E-state index contributed by atoms with van der Waals surface area (Å²) in [5.74, 6) is 0.745. The standard InChI is InChI=1S/C16H25N3O/c1-12(2)15-5-4-10-19(15)11-16(20)18(3)14-8-6-13(17)7-9-14/h6-9,12,15H,4-5,10-11,17H2,1-3H3. The second-order valence-corrected chi connectivity index (χ2v) is 5.97. The highest BCUT2D eigenvalue weighted by molar-refractivity contribution is 5.94. The van der Waals surface area contributed by atoms with Crippen LogP contribution in [0.4, 0.5) is 11.4 Å². The van der Waals surface area contributed by atoms with Crippen LogP contribution in [-0.4, -0.2) is 37.0 Å². The molecule has 20 heavy (non-hydrogen) atoms. The Bertz CT molecular complexity index is 455. The van der Waals surface area contributed by atoms with Crippen LogP contribution in [0.2, 0.25) is 0 Å². The van der Waals surface area contributed by atoms with E-state index in [1.165, 1.54) is 12.8 Å². The first-order chi connectivity index (χ1) is 9.49. The summed E-state index contributed by atoms with van der Waals surface area (Å²) in [6.07, 6.45) is 2.40. The third-order valence-electron chi connectivity index (χ3n) is 4.18. The fraction of sp³-hybridized carbons (Fsp3) is 0.562. The first-order valence-corrected chi connectivity index (χ1v) is 7.35. The van der Waals surface area contributed by atoms with Crippen LogP contribution in [-0.2, 0) is 4.79 Å². The molecular formula is C16H25N3O. The van der Waals surface area contributed by atoms with Gasteiger partial charge in [0, 0.05) is 24.5 Å². The van der Waals surface area contributed by atoms with Crippen LogP contribution >= 0.6 is 0 Å². The van der Waals surface area contributed by atoms with E-state index in [1.54, 1.807) is 4.90 Å². The first-order valence-electron chi connectivity index (χ1n) is 7.35. The van der Waals surface area contributed by atoms with Crippen LogP contribution in [0.15, 0.2) is 24.3 Å². The molecule has 0 aromatic heterocycles. The highest BCUT2D eigenvalue weighted by Crippen LogP contribution is 2.24. The normalized spacial score (nSPS) is 19.5. The molecule has 0 saturated carbocycles. The van der Waals surface area contributed by atoms with E-state index < -0.39 is 0 Å². The van der Waals surface area contributed by atoms with Crippen molar-refractivity contribution in [3.8, 4) is 0 Å². The number of anilines is 2. The maximum atomic E-state index is 12.4. The van der Waals surface area contributed by atoms with Crippen molar-refractivity contribution in [1.29, 1.82) is 0 Å². The lowest BCUT2D eigenvalue weighted by Crippen LogP contribution is -2.42. The average molecular weight is 275 g/mol. The van der Waals surface area contributed by atoms with Crippen molar-refractivity contribution in [2.75, 3.05) is 30.8 Å². The minimum absolute atomic E-state index is 0.141. The summed E-state index contributed by atoms with van der Waals surface area (Å²) in [6.45, 7) is 6.00. The lowest BCUT2D eigenvalue weighted by atomic mass is 10.0. The SMILES string of the molecule is CC(C)C1CCCN1CC(=O)N(C)c1ccc(N)cc1. The number of benzene rings is 1. The van der Waals surface area contributed by atoms with Gasteiger partial charge < -0.3 is 10.6 Å². The average Bonchev–Trinajstić information content (AvgIpc) is 2.87. The number of carbonyl (C=O) groups excluding carboxylic acids is 1. The van der Waals surface area contributed by atoms with Crippen molar-refractivity contribution in [2.24, 2.45) is 5.92 Å². The maximum absolute atomic E-state index is 12.4. The molecule has 1 aromatic carbocycles. The van der Waals surface area contributed by atoms with E-state index in [0.29, 0.717) is 24.2 Å². The van der Waals surface area contributed by atoms with E-state index in [2.05, 4.69) is 18.7 Å². The molecule has 2 N–H and O–H groups in total. The Morgan fingerprint density at radius 3 is 2.65 bits per heavy atom. The largest absolute Gasteiger partial charge is 0.399 e. The molecule has 0 radical (unpaired) electrons. The lowest BCUT2D eigenvalue weighted by molar-refractivity contribution is -0.119. The zero-order chi connectivity index (χ0) is 14.7. The number of amides is 1. The molecule has 1 saturated heterocycles. The summed E-state index contributed by atoms with van der Waals surface area (Å²) in [5.41, 5.74) is 7.28. The first kappa shape index (κ1) is 14.9. The molecule has 1 aliphatic rings. The Morgan fingerprint density at radius 1 is 1.40 bits per heavy atom. The zero-order valence-corrected chi connectivity index (χ0v) is 12.7. The van der Waals surface area contributed by atoms with Crippen LogP contribution in [0.1, 0.15) is 26.7 Å². The second-order valence-electron chi connectivity index (χ2n) is 5.97. The van der Waals surface area contributed by atoms with Gasteiger partial charge in [0.25, 0.3) is 0 Å². The smallest absolute Gasteiger partial charge is 0.240 e. The predicted octanol–water partition coefficient (Wildman–Crippen LogP) is 2.35. The van der Waals surface area contributed by atoms with Crippen molar-refractivity contribution in [3.05, 3.63) is 24.3 Å². The molecule has 1 atom stereocenters. The number of hydrogen-bond acceptors (Lipinski definition) is 3. The molecule has 0 spiro atoms. The van der Waals surface area contributed by atoms with Gasteiger partial charge in [-0.2, -0.15) is 0 Å². The van der Waals surface area contributed by atoms with E-state index in [-0.39, 0.29) is 5.91 Å². The fourth-order valence-corrected chi connectivity index (χ4v) is 2.92. The highest BCUT2D eigenvalue weighted by Gasteiger charge is 2.29. The van der Waals surface area contributed by atoms with Crippen molar-refractivity contribution in [1.82, 2.24) is 4.90 Å². The van der Waals surface area contributed by atoms with Crippen molar-refractivity contribution >= 4 is 17.3 Å². The lowest BCUT2D eigenvalue weighted by Gasteiger charge is -2.28. The summed E-state index contributed by atoms with van der Waals surface area (Å²) in [7, 11) is 1.83. The summed E-state index contributed by atoms with van der Waals surface area (Å²) in [6, 6.07) is 7.96. The predicted molar refractivity (Wildman–Crippen MR) is 83.7 cm³/mol. The topological polar surface area (TPSA) is 49.6 Å². The number of nitrogen functional groups attached to an aromatic ring is 1.